The standard InChI is InChI=1S/C19H12Cl4O5S/c20-12-8-4-7-11(9-12)19(29(26,27)28,10-5-2-1-3-6-10)13-14(21)17(24)16(23)18(25)15(13)22/h1-9,24-25H,(H,26,27,28). The van der Waals surface area contributed by atoms with E-state index in [1.165, 1.54) is 48.5 Å². The van der Waals surface area contributed by atoms with E-state index in [2.05, 4.69) is 0 Å². The van der Waals surface area contributed by atoms with Gasteiger partial charge in [0.1, 0.15) is 5.02 Å². The summed E-state index contributed by atoms with van der Waals surface area (Å²) in [5.74, 6) is -1.59. The fourth-order valence-electron chi connectivity index (χ4n) is 3.21. The Balaban J connectivity index is 2.66. The second-order valence-corrected chi connectivity index (χ2v) is 9.18. The molecule has 0 saturated heterocycles. The topological polar surface area (TPSA) is 94.8 Å². The summed E-state index contributed by atoms with van der Waals surface area (Å²) in [5, 5.41) is 19.1. The van der Waals surface area contributed by atoms with Crippen LogP contribution in [0, 0.1) is 0 Å². The van der Waals surface area contributed by atoms with Crippen LogP contribution in [0.1, 0.15) is 16.7 Å². The molecule has 0 fully saturated rings. The Kier molecular flexibility index (Phi) is 5.98. The van der Waals surface area contributed by atoms with E-state index in [-0.39, 0.29) is 16.1 Å². The Labute approximate surface area is 186 Å². The molecule has 0 saturated carbocycles. The molecule has 0 amide bonds. The molecule has 0 spiro atoms. The van der Waals surface area contributed by atoms with Crippen molar-refractivity contribution in [3.63, 3.8) is 0 Å². The Morgan fingerprint density at radius 2 is 1.24 bits per heavy atom. The van der Waals surface area contributed by atoms with Gasteiger partial charge in [-0.05, 0) is 23.3 Å². The molecule has 0 radical (unpaired) electrons. The van der Waals surface area contributed by atoms with Crippen molar-refractivity contribution in [3.8, 4) is 11.5 Å². The Bertz CT molecular complexity index is 1170. The van der Waals surface area contributed by atoms with Crippen LogP contribution in [0.4, 0.5) is 0 Å². The van der Waals surface area contributed by atoms with Gasteiger partial charge >= 0.3 is 0 Å². The van der Waals surface area contributed by atoms with E-state index < -0.39 is 47.0 Å². The van der Waals surface area contributed by atoms with E-state index in [1.807, 2.05) is 0 Å². The first kappa shape index (κ1) is 22.0. The van der Waals surface area contributed by atoms with Gasteiger partial charge in [0.2, 0.25) is 0 Å². The largest absolute Gasteiger partial charge is 0.505 e. The molecule has 5 nitrogen and oxygen atoms in total. The molecule has 0 aliphatic carbocycles. The molecule has 29 heavy (non-hydrogen) atoms. The van der Waals surface area contributed by atoms with Crippen molar-refractivity contribution in [2.75, 3.05) is 0 Å². The van der Waals surface area contributed by atoms with Crippen LogP contribution in [0.3, 0.4) is 0 Å². The van der Waals surface area contributed by atoms with Crippen molar-refractivity contribution in [2.45, 2.75) is 4.75 Å². The van der Waals surface area contributed by atoms with Gasteiger partial charge in [0.15, 0.2) is 16.2 Å². The second kappa shape index (κ2) is 7.87. The summed E-state index contributed by atoms with van der Waals surface area (Å²) in [6.07, 6.45) is 0. The summed E-state index contributed by atoms with van der Waals surface area (Å²) in [4.78, 5) is 0. The molecule has 3 aromatic carbocycles. The maximum absolute atomic E-state index is 13.0. The van der Waals surface area contributed by atoms with Crippen LogP contribution in [0.25, 0.3) is 0 Å². The third-order valence-electron chi connectivity index (χ3n) is 4.42. The van der Waals surface area contributed by atoms with E-state index in [0.29, 0.717) is 0 Å². The van der Waals surface area contributed by atoms with Gasteiger partial charge < -0.3 is 10.2 Å². The van der Waals surface area contributed by atoms with Gasteiger partial charge in [-0.1, -0.05) is 88.9 Å². The van der Waals surface area contributed by atoms with Gasteiger partial charge in [0, 0.05) is 10.6 Å². The van der Waals surface area contributed by atoms with E-state index >= 15 is 0 Å². The lowest BCUT2D eigenvalue weighted by molar-refractivity contribution is 0.445. The molecule has 152 valence electrons. The predicted octanol–water partition coefficient (Wildman–Crippen LogP) is 5.89. The van der Waals surface area contributed by atoms with Crippen LogP contribution in [0.5, 0.6) is 11.5 Å². The zero-order valence-electron chi connectivity index (χ0n) is 14.3. The highest BCUT2D eigenvalue weighted by molar-refractivity contribution is 7.87. The summed E-state index contributed by atoms with van der Waals surface area (Å²) in [6, 6.07) is 13.2. The first-order valence-electron chi connectivity index (χ1n) is 7.91. The van der Waals surface area contributed by atoms with E-state index in [4.69, 9.17) is 46.4 Å². The number of rotatable bonds is 4. The van der Waals surface area contributed by atoms with Crippen molar-refractivity contribution in [1.82, 2.24) is 0 Å². The molecule has 1 unspecified atom stereocenters. The summed E-state index contributed by atoms with van der Waals surface area (Å²) in [5.41, 5.74) is -0.463. The smallest absolute Gasteiger partial charge is 0.283 e. The number of phenols is 2. The highest BCUT2D eigenvalue weighted by atomic mass is 35.5. The number of halogens is 4. The lowest BCUT2D eigenvalue weighted by Crippen LogP contribution is -2.39. The summed E-state index contributed by atoms with van der Waals surface area (Å²) < 4.78 is 34.0. The fraction of sp³-hybridized carbons (Fsp3) is 0.0526. The monoisotopic (exact) mass is 492 g/mol. The van der Waals surface area contributed by atoms with Gasteiger partial charge in [0.05, 0.1) is 10.0 Å². The van der Waals surface area contributed by atoms with Crippen LogP contribution in [-0.2, 0) is 14.9 Å². The zero-order chi connectivity index (χ0) is 21.6. The fourth-order valence-corrected chi connectivity index (χ4v) is 5.83. The molecular weight excluding hydrogens is 482 g/mol. The number of aromatic hydroxyl groups is 2. The minimum Gasteiger partial charge on any atom is -0.505 e. The number of phenolic OH excluding ortho intramolecular Hbond substituents is 2. The molecule has 3 aromatic rings. The van der Waals surface area contributed by atoms with Gasteiger partial charge in [-0.15, -0.1) is 0 Å². The Hall–Kier alpha value is -1.67. The van der Waals surface area contributed by atoms with Crippen LogP contribution in [0.2, 0.25) is 20.1 Å². The lowest BCUT2D eigenvalue weighted by Gasteiger charge is -2.34. The molecule has 3 rings (SSSR count). The third kappa shape index (κ3) is 3.44. The van der Waals surface area contributed by atoms with Gasteiger partial charge in [-0.25, -0.2) is 0 Å². The van der Waals surface area contributed by atoms with Crippen molar-refractivity contribution in [3.05, 3.63) is 91.4 Å². The van der Waals surface area contributed by atoms with Crippen molar-refractivity contribution in [1.29, 1.82) is 0 Å². The molecule has 0 heterocycles. The number of hydrogen-bond acceptors (Lipinski definition) is 4. The van der Waals surface area contributed by atoms with Crippen LogP contribution >= 0.6 is 46.4 Å². The summed E-state index contributed by atoms with van der Waals surface area (Å²) >= 11 is 24.5. The zero-order valence-corrected chi connectivity index (χ0v) is 18.1. The second-order valence-electron chi connectivity index (χ2n) is 6.05. The van der Waals surface area contributed by atoms with E-state index in [9.17, 15) is 23.2 Å². The average molecular weight is 494 g/mol. The highest BCUT2D eigenvalue weighted by Crippen LogP contribution is 2.56. The van der Waals surface area contributed by atoms with E-state index in [0.717, 1.165) is 0 Å². The highest BCUT2D eigenvalue weighted by Gasteiger charge is 2.52. The summed E-state index contributed by atoms with van der Waals surface area (Å²) in [6.45, 7) is 0. The maximum Gasteiger partial charge on any atom is 0.283 e. The van der Waals surface area contributed by atoms with Gasteiger partial charge in [-0.3, -0.25) is 4.55 Å². The van der Waals surface area contributed by atoms with Crippen molar-refractivity contribution in [2.24, 2.45) is 0 Å². The first-order valence-corrected chi connectivity index (χ1v) is 10.9. The van der Waals surface area contributed by atoms with Crippen molar-refractivity contribution >= 4 is 56.5 Å². The first-order chi connectivity index (χ1) is 13.5. The maximum atomic E-state index is 13.0. The average Bonchev–Trinajstić information content (AvgIpc) is 2.68. The van der Waals surface area contributed by atoms with Gasteiger partial charge in [-0.2, -0.15) is 8.42 Å². The Morgan fingerprint density at radius 3 is 1.72 bits per heavy atom. The summed E-state index contributed by atoms with van der Waals surface area (Å²) in [7, 11) is -5.09. The van der Waals surface area contributed by atoms with E-state index in [1.54, 1.807) is 6.07 Å². The third-order valence-corrected chi connectivity index (χ3v) is 7.20. The van der Waals surface area contributed by atoms with Crippen LogP contribution < -0.4 is 0 Å². The molecule has 10 heteroatoms. The number of benzene rings is 3. The quantitative estimate of drug-likeness (QED) is 0.311. The molecule has 0 aromatic heterocycles. The van der Waals surface area contributed by atoms with Crippen LogP contribution in [-0.4, -0.2) is 23.2 Å². The van der Waals surface area contributed by atoms with Gasteiger partial charge in [0.25, 0.3) is 10.1 Å². The molecular formula is C19H12Cl4O5S. The minimum atomic E-state index is -5.09. The normalized spacial score (nSPS) is 13.8. The lowest BCUT2D eigenvalue weighted by atomic mass is 9.83. The van der Waals surface area contributed by atoms with Crippen LogP contribution in [0.15, 0.2) is 54.6 Å². The Morgan fingerprint density at radius 1 is 0.724 bits per heavy atom. The molecule has 0 bridgehead atoms. The molecule has 3 N–H and O–H groups in total. The minimum absolute atomic E-state index is 0.0244. The molecule has 0 aliphatic rings. The predicted molar refractivity (Wildman–Crippen MR) is 114 cm³/mol. The number of hydrogen-bond donors (Lipinski definition) is 3. The molecule has 1 atom stereocenters. The SMILES string of the molecule is O=S(=O)(O)C(c1ccccc1)(c1cccc(Cl)c1)c1c(Cl)c(O)c(Cl)c(O)c1Cl. The molecule has 0 aliphatic heterocycles. The van der Waals surface area contributed by atoms with Crippen molar-refractivity contribution < 1.29 is 23.2 Å².